The predicted molar refractivity (Wildman–Crippen MR) is 99.8 cm³/mol. The average Bonchev–Trinajstić information content (AvgIpc) is 3.23. The molecule has 0 saturated carbocycles. The van der Waals surface area contributed by atoms with E-state index in [9.17, 15) is 4.79 Å². The molecule has 2 aromatic rings. The van der Waals surface area contributed by atoms with Crippen LogP contribution in [0.2, 0.25) is 0 Å². The Morgan fingerprint density at radius 2 is 2.24 bits per heavy atom. The third-order valence-electron chi connectivity index (χ3n) is 4.66. The third-order valence-corrected chi connectivity index (χ3v) is 5.58. The molecule has 25 heavy (non-hydrogen) atoms. The van der Waals surface area contributed by atoms with Crippen molar-refractivity contribution in [3.8, 4) is 0 Å². The number of amides is 2. The summed E-state index contributed by atoms with van der Waals surface area (Å²) in [7, 11) is 4.00. The minimum Gasteiger partial charge on any atom is -0.324 e. The van der Waals surface area contributed by atoms with E-state index in [1.165, 1.54) is 4.88 Å². The normalized spacial score (nSPS) is 17.5. The SMILES string of the molecule is Cc1nn(C)cc1NC(=O)N1CCC(CN(C)Cc2scnc2C)C1. The lowest BCUT2D eigenvalue weighted by molar-refractivity contribution is 0.217. The molecule has 8 heteroatoms. The molecule has 1 fully saturated rings. The Balaban J connectivity index is 1.48. The Morgan fingerprint density at radius 1 is 1.44 bits per heavy atom. The fourth-order valence-corrected chi connectivity index (χ4v) is 4.17. The van der Waals surface area contributed by atoms with Crippen molar-refractivity contribution in [2.45, 2.75) is 26.8 Å². The molecule has 1 atom stereocenters. The topological polar surface area (TPSA) is 66.3 Å². The van der Waals surface area contributed by atoms with Crippen LogP contribution in [0, 0.1) is 19.8 Å². The predicted octanol–water partition coefficient (Wildman–Crippen LogP) is 2.48. The molecule has 3 rings (SSSR count). The zero-order valence-corrected chi connectivity index (χ0v) is 16.1. The molecule has 0 spiro atoms. The molecule has 0 bridgehead atoms. The average molecular weight is 363 g/mol. The summed E-state index contributed by atoms with van der Waals surface area (Å²) < 4.78 is 1.72. The Bertz CT molecular complexity index is 739. The molecule has 1 saturated heterocycles. The number of likely N-dealkylation sites (tertiary alicyclic amines) is 1. The van der Waals surface area contributed by atoms with E-state index in [0.717, 1.165) is 49.7 Å². The molecule has 0 aliphatic carbocycles. The number of nitrogens with zero attached hydrogens (tertiary/aromatic N) is 5. The number of rotatable bonds is 5. The van der Waals surface area contributed by atoms with Gasteiger partial charge in [-0.25, -0.2) is 9.78 Å². The highest BCUT2D eigenvalue weighted by molar-refractivity contribution is 7.09. The summed E-state index contributed by atoms with van der Waals surface area (Å²) in [6.45, 7) is 7.49. The van der Waals surface area contributed by atoms with Gasteiger partial charge in [-0.05, 0) is 33.2 Å². The molecule has 1 N–H and O–H groups in total. The number of anilines is 1. The summed E-state index contributed by atoms with van der Waals surface area (Å²) in [5, 5.41) is 7.23. The highest BCUT2D eigenvalue weighted by atomic mass is 32.1. The summed E-state index contributed by atoms with van der Waals surface area (Å²) in [4.78, 5) is 22.3. The maximum absolute atomic E-state index is 12.5. The molecule has 2 amide bonds. The summed E-state index contributed by atoms with van der Waals surface area (Å²) >= 11 is 1.71. The highest BCUT2D eigenvalue weighted by Crippen LogP contribution is 2.21. The molecular weight excluding hydrogens is 336 g/mol. The number of urea groups is 1. The number of carbonyl (C=O) groups excluding carboxylic acids is 1. The maximum atomic E-state index is 12.5. The van der Waals surface area contributed by atoms with Gasteiger partial charge in [-0.3, -0.25) is 4.68 Å². The van der Waals surface area contributed by atoms with Gasteiger partial charge in [0.25, 0.3) is 0 Å². The van der Waals surface area contributed by atoms with E-state index >= 15 is 0 Å². The fraction of sp³-hybridized carbons (Fsp3) is 0.588. The van der Waals surface area contributed by atoms with E-state index in [4.69, 9.17) is 0 Å². The molecule has 7 nitrogen and oxygen atoms in total. The van der Waals surface area contributed by atoms with Crippen LogP contribution >= 0.6 is 11.3 Å². The standard InChI is InChI=1S/C17H26N6OS/c1-12-15(9-22(4)20-12)19-17(24)23-6-5-14(8-23)7-21(3)10-16-13(2)18-11-25-16/h9,11,14H,5-8,10H2,1-4H3,(H,19,24). The molecule has 0 radical (unpaired) electrons. The van der Waals surface area contributed by atoms with Crippen molar-refractivity contribution in [2.24, 2.45) is 13.0 Å². The van der Waals surface area contributed by atoms with E-state index in [0.29, 0.717) is 5.92 Å². The van der Waals surface area contributed by atoms with Crippen LogP contribution in [0.3, 0.4) is 0 Å². The molecular formula is C17H26N6OS. The van der Waals surface area contributed by atoms with Crippen LogP contribution < -0.4 is 5.32 Å². The second kappa shape index (κ2) is 7.53. The lowest BCUT2D eigenvalue weighted by Gasteiger charge is -2.21. The van der Waals surface area contributed by atoms with Gasteiger partial charge in [0.05, 0.1) is 22.6 Å². The van der Waals surface area contributed by atoms with E-state index < -0.39 is 0 Å². The van der Waals surface area contributed by atoms with Crippen LogP contribution in [-0.2, 0) is 13.6 Å². The first-order valence-electron chi connectivity index (χ1n) is 8.56. The van der Waals surface area contributed by atoms with Crippen LogP contribution in [0.15, 0.2) is 11.7 Å². The summed E-state index contributed by atoms with van der Waals surface area (Å²) in [5.41, 5.74) is 4.65. The van der Waals surface area contributed by atoms with Gasteiger partial charge in [-0.15, -0.1) is 11.3 Å². The first-order chi connectivity index (χ1) is 11.9. The van der Waals surface area contributed by atoms with E-state index in [2.05, 4.69) is 34.3 Å². The summed E-state index contributed by atoms with van der Waals surface area (Å²) in [6.07, 6.45) is 2.89. The van der Waals surface area contributed by atoms with Crippen molar-refractivity contribution in [1.29, 1.82) is 0 Å². The third kappa shape index (κ3) is 4.38. The number of nitrogens with one attached hydrogen (secondary N) is 1. The second-order valence-corrected chi connectivity index (χ2v) is 7.83. The zero-order valence-electron chi connectivity index (χ0n) is 15.3. The number of hydrogen-bond acceptors (Lipinski definition) is 5. The van der Waals surface area contributed by atoms with Gasteiger partial charge >= 0.3 is 6.03 Å². The van der Waals surface area contributed by atoms with Crippen LogP contribution in [0.4, 0.5) is 10.5 Å². The lowest BCUT2D eigenvalue weighted by Crippen LogP contribution is -2.34. The molecule has 0 aromatic carbocycles. The zero-order chi connectivity index (χ0) is 18.0. The number of aryl methyl sites for hydroxylation is 3. The Hall–Kier alpha value is -1.93. The van der Waals surface area contributed by atoms with Gasteiger partial charge in [-0.2, -0.15) is 5.10 Å². The quantitative estimate of drug-likeness (QED) is 0.887. The molecule has 3 heterocycles. The summed E-state index contributed by atoms with van der Waals surface area (Å²) in [6, 6.07) is -0.0282. The molecule has 2 aromatic heterocycles. The van der Waals surface area contributed by atoms with E-state index in [1.807, 2.05) is 30.6 Å². The van der Waals surface area contributed by atoms with Crippen LogP contribution in [0.1, 0.15) is 22.7 Å². The Labute approximate surface area is 152 Å². The Morgan fingerprint density at radius 3 is 2.88 bits per heavy atom. The van der Waals surface area contributed by atoms with Gasteiger partial charge < -0.3 is 15.1 Å². The number of thiazole rings is 1. The van der Waals surface area contributed by atoms with Crippen molar-refractivity contribution in [2.75, 3.05) is 32.0 Å². The fourth-order valence-electron chi connectivity index (χ4n) is 3.31. The maximum Gasteiger partial charge on any atom is 0.321 e. The van der Waals surface area contributed by atoms with Crippen molar-refractivity contribution in [1.82, 2.24) is 24.6 Å². The molecule has 1 aliphatic heterocycles. The minimum absolute atomic E-state index is 0.0282. The molecule has 1 aliphatic rings. The van der Waals surface area contributed by atoms with Crippen molar-refractivity contribution in [3.63, 3.8) is 0 Å². The minimum atomic E-state index is -0.0282. The monoisotopic (exact) mass is 362 g/mol. The first kappa shape index (κ1) is 17.9. The van der Waals surface area contributed by atoms with Crippen LogP contribution in [0.25, 0.3) is 0 Å². The lowest BCUT2D eigenvalue weighted by atomic mass is 10.1. The van der Waals surface area contributed by atoms with Crippen LogP contribution in [-0.4, -0.2) is 57.3 Å². The van der Waals surface area contributed by atoms with Gasteiger partial charge in [0, 0.05) is 44.3 Å². The highest BCUT2D eigenvalue weighted by Gasteiger charge is 2.27. The summed E-state index contributed by atoms with van der Waals surface area (Å²) in [5.74, 6) is 0.513. The second-order valence-electron chi connectivity index (χ2n) is 6.89. The molecule has 1 unspecified atom stereocenters. The van der Waals surface area contributed by atoms with E-state index in [-0.39, 0.29) is 6.03 Å². The Kier molecular flexibility index (Phi) is 5.39. The number of carbonyl (C=O) groups is 1. The van der Waals surface area contributed by atoms with Crippen molar-refractivity contribution < 1.29 is 4.79 Å². The first-order valence-corrected chi connectivity index (χ1v) is 9.44. The number of aromatic nitrogens is 3. The molecule has 136 valence electrons. The van der Waals surface area contributed by atoms with Crippen molar-refractivity contribution in [3.05, 3.63) is 28.0 Å². The van der Waals surface area contributed by atoms with Gasteiger partial charge in [0.1, 0.15) is 0 Å². The van der Waals surface area contributed by atoms with Crippen molar-refractivity contribution >= 4 is 23.1 Å². The number of hydrogen-bond donors (Lipinski definition) is 1. The smallest absolute Gasteiger partial charge is 0.321 e. The van der Waals surface area contributed by atoms with Gasteiger partial charge in [0.2, 0.25) is 0 Å². The van der Waals surface area contributed by atoms with Gasteiger partial charge in [0.15, 0.2) is 0 Å². The van der Waals surface area contributed by atoms with Gasteiger partial charge in [-0.1, -0.05) is 0 Å². The van der Waals surface area contributed by atoms with E-state index in [1.54, 1.807) is 16.0 Å². The largest absolute Gasteiger partial charge is 0.324 e. The van der Waals surface area contributed by atoms with Crippen LogP contribution in [0.5, 0.6) is 0 Å².